The monoisotopic (exact) mass is 415 g/mol. The lowest BCUT2D eigenvalue weighted by atomic mass is 10.1. The van der Waals surface area contributed by atoms with E-state index in [0.29, 0.717) is 0 Å². The molecular formula is C25H31Cl2N. The summed E-state index contributed by atoms with van der Waals surface area (Å²) in [5.41, 5.74) is 2.66. The van der Waals surface area contributed by atoms with Crippen molar-refractivity contribution in [2.24, 2.45) is 0 Å². The summed E-state index contributed by atoms with van der Waals surface area (Å²) in [7, 11) is 0. The van der Waals surface area contributed by atoms with E-state index in [-0.39, 0.29) is 12.4 Å². The smallest absolute Gasteiger partial charge is 0.0990 e. The van der Waals surface area contributed by atoms with E-state index in [4.69, 9.17) is 11.6 Å². The van der Waals surface area contributed by atoms with Crippen LogP contribution in [0, 0.1) is 0 Å². The highest BCUT2D eigenvalue weighted by molar-refractivity contribution is 6.29. The Labute approximate surface area is 181 Å². The normalized spacial score (nSPS) is 16.7. The minimum Gasteiger partial charge on any atom is -1.00 e. The largest absolute Gasteiger partial charge is 1.00 e. The molecule has 0 aliphatic carbocycles. The van der Waals surface area contributed by atoms with E-state index < -0.39 is 0 Å². The number of quaternary nitrogens is 1. The first kappa shape index (κ1) is 22.7. The number of piperidine rings is 1. The molecule has 3 rings (SSSR count). The maximum absolute atomic E-state index is 6.57. The Hall–Kier alpha value is -1.54. The van der Waals surface area contributed by atoms with Gasteiger partial charge in [-0.05, 0) is 49.0 Å². The number of hydrogen-bond donors (Lipinski definition) is 0. The lowest BCUT2D eigenvalue weighted by Crippen LogP contribution is -3.00. The molecule has 1 aliphatic rings. The lowest BCUT2D eigenvalue weighted by Gasteiger charge is -2.40. The highest BCUT2D eigenvalue weighted by atomic mass is 35.5. The van der Waals surface area contributed by atoms with Crippen LogP contribution in [0.15, 0.2) is 83.9 Å². The third-order valence-electron chi connectivity index (χ3n) is 5.54. The number of benzene rings is 2. The van der Waals surface area contributed by atoms with Gasteiger partial charge in [0, 0.05) is 11.5 Å². The molecule has 3 heteroatoms. The molecule has 1 heterocycles. The van der Waals surface area contributed by atoms with Crippen LogP contribution in [0.1, 0.15) is 30.4 Å². The van der Waals surface area contributed by atoms with Gasteiger partial charge in [-0.3, -0.25) is 0 Å². The zero-order valence-corrected chi connectivity index (χ0v) is 18.1. The van der Waals surface area contributed by atoms with Crippen LogP contribution < -0.4 is 12.4 Å². The zero-order chi connectivity index (χ0) is 18.8. The predicted octanol–water partition coefficient (Wildman–Crippen LogP) is 3.16. The van der Waals surface area contributed by atoms with Crippen LogP contribution in [0.2, 0.25) is 0 Å². The molecular weight excluding hydrogens is 385 g/mol. The van der Waals surface area contributed by atoms with Crippen LogP contribution >= 0.6 is 11.6 Å². The highest BCUT2D eigenvalue weighted by Gasteiger charge is 2.27. The third-order valence-corrected chi connectivity index (χ3v) is 5.82. The Morgan fingerprint density at radius 3 is 2.04 bits per heavy atom. The molecule has 0 unspecified atom stereocenters. The van der Waals surface area contributed by atoms with Gasteiger partial charge >= 0.3 is 0 Å². The van der Waals surface area contributed by atoms with E-state index in [1.54, 1.807) is 0 Å². The number of allylic oxidation sites excluding steroid dienone is 2. The summed E-state index contributed by atoms with van der Waals surface area (Å²) in [6.07, 6.45) is 12.9. The van der Waals surface area contributed by atoms with Crippen molar-refractivity contribution >= 4 is 11.6 Å². The zero-order valence-electron chi connectivity index (χ0n) is 16.6. The second-order valence-corrected chi connectivity index (χ2v) is 8.17. The van der Waals surface area contributed by atoms with Crippen LogP contribution in [0.4, 0.5) is 0 Å². The van der Waals surface area contributed by atoms with Gasteiger partial charge in [0.25, 0.3) is 0 Å². The number of rotatable bonds is 8. The summed E-state index contributed by atoms with van der Waals surface area (Å²) < 4.78 is 1.15. The van der Waals surface area contributed by atoms with Gasteiger partial charge in [-0.1, -0.05) is 78.3 Å². The van der Waals surface area contributed by atoms with Gasteiger partial charge in [0.15, 0.2) is 0 Å². The fourth-order valence-corrected chi connectivity index (χ4v) is 4.13. The summed E-state index contributed by atoms with van der Waals surface area (Å²) >= 11 is 6.57. The number of nitrogens with zero attached hydrogens (tertiary/aromatic N) is 1. The summed E-state index contributed by atoms with van der Waals surface area (Å²) in [5.74, 6) is 0. The van der Waals surface area contributed by atoms with E-state index in [9.17, 15) is 0 Å². The summed E-state index contributed by atoms with van der Waals surface area (Å²) in [5, 5.41) is 0.970. The first-order valence-corrected chi connectivity index (χ1v) is 10.6. The van der Waals surface area contributed by atoms with Crippen molar-refractivity contribution in [1.82, 2.24) is 0 Å². The van der Waals surface area contributed by atoms with E-state index in [1.807, 2.05) is 0 Å². The van der Waals surface area contributed by atoms with E-state index in [1.165, 1.54) is 43.5 Å². The second kappa shape index (κ2) is 12.1. The molecule has 0 aromatic heterocycles. The first-order valence-electron chi connectivity index (χ1n) is 10.2. The van der Waals surface area contributed by atoms with Crippen molar-refractivity contribution in [2.75, 3.05) is 26.2 Å². The molecule has 0 saturated carbocycles. The minimum atomic E-state index is 0. The summed E-state index contributed by atoms with van der Waals surface area (Å²) in [6.45, 7) is 4.68. The summed E-state index contributed by atoms with van der Waals surface area (Å²) in [6, 6.07) is 21.2. The van der Waals surface area contributed by atoms with Gasteiger partial charge in [-0.2, -0.15) is 0 Å². The second-order valence-electron chi connectivity index (χ2n) is 7.69. The van der Waals surface area contributed by atoms with E-state index in [0.717, 1.165) is 35.4 Å². The van der Waals surface area contributed by atoms with Crippen LogP contribution in [0.25, 0.3) is 0 Å². The molecule has 28 heavy (non-hydrogen) atoms. The average molecular weight is 416 g/mol. The Kier molecular flexibility index (Phi) is 9.84. The average Bonchev–Trinajstić information content (AvgIpc) is 2.72. The Bertz CT molecular complexity index is 732. The SMILES string of the molecule is Cl/C(=C\C[N+]1(C/C=C/Cc2ccccc2)CCCCC1)Cc1ccccc1.[Cl-]. The molecule has 1 saturated heterocycles. The number of likely N-dealkylation sites (tertiary alicyclic amines) is 1. The molecule has 0 spiro atoms. The number of halogens is 2. The molecule has 2 aromatic carbocycles. The minimum absolute atomic E-state index is 0. The van der Waals surface area contributed by atoms with Gasteiger partial charge in [0.1, 0.15) is 0 Å². The van der Waals surface area contributed by atoms with Crippen molar-refractivity contribution < 1.29 is 16.9 Å². The van der Waals surface area contributed by atoms with Gasteiger partial charge in [-0.25, -0.2) is 0 Å². The highest BCUT2D eigenvalue weighted by Crippen LogP contribution is 2.21. The molecule has 1 nitrogen and oxygen atoms in total. The molecule has 150 valence electrons. The molecule has 0 bridgehead atoms. The molecule has 0 N–H and O–H groups in total. The van der Waals surface area contributed by atoms with E-state index in [2.05, 4.69) is 78.9 Å². The van der Waals surface area contributed by atoms with Crippen molar-refractivity contribution in [3.8, 4) is 0 Å². The summed E-state index contributed by atoms with van der Waals surface area (Å²) in [4.78, 5) is 0. The van der Waals surface area contributed by atoms with Crippen molar-refractivity contribution in [3.63, 3.8) is 0 Å². The standard InChI is InChI=1S/C25H31ClN.ClH/c26-25(22-24-15-6-2-7-16-24)17-21-27(18-9-3-10-19-27)20-11-8-14-23-12-4-1-5-13-23;/h1-2,4-8,11-13,15-17H,3,9-10,14,18-22H2;1H/q+1;/p-1/b11-8+,25-17-;. The molecule has 0 radical (unpaired) electrons. The fraction of sp³-hybridized carbons (Fsp3) is 0.360. The van der Waals surface area contributed by atoms with Crippen LogP contribution in [0.3, 0.4) is 0 Å². The van der Waals surface area contributed by atoms with Gasteiger partial charge < -0.3 is 16.9 Å². The van der Waals surface area contributed by atoms with Crippen LogP contribution in [-0.4, -0.2) is 30.7 Å². The molecule has 2 aromatic rings. The van der Waals surface area contributed by atoms with Crippen molar-refractivity contribution in [1.29, 1.82) is 0 Å². The van der Waals surface area contributed by atoms with Gasteiger partial charge in [0.2, 0.25) is 0 Å². The van der Waals surface area contributed by atoms with Crippen LogP contribution in [0.5, 0.6) is 0 Å². The Morgan fingerprint density at radius 2 is 1.39 bits per heavy atom. The first-order chi connectivity index (χ1) is 13.3. The maximum atomic E-state index is 6.57. The molecule has 1 fully saturated rings. The van der Waals surface area contributed by atoms with Gasteiger partial charge in [-0.15, -0.1) is 0 Å². The molecule has 1 aliphatic heterocycles. The Balaban J connectivity index is 0.00000280. The lowest BCUT2D eigenvalue weighted by molar-refractivity contribution is -0.921. The van der Waals surface area contributed by atoms with Crippen molar-refractivity contribution in [2.45, 2.75) is 32.1 Å². The molecule has 0 amide bonds. The Morgan fingerprint density at radius 1 is 0.786 bits per heavy atom. The van der Waals surface area contributed by atoms with E-state index >= 15 is 0 Å². The predicted molar refractivity (Wildman–Crippen MR) is 117 cm³/mol. The van der Waals surface area contributed by atoms with Crippen LogP contribution in [-0.2, 0) is 12.8 Å². The molecule has 0 atom stereocenters. The fourth-order valence-electron chi connectivity index (χ4n) is 3.91. The topological polar surface area (TPSA) is 0 Å². The maximum Gasteiger partial charge on any atom is 0.0990 e. The quantitative estimate of drug-likeness (QED) is 0.458. The third kappa shape index (κ3) is 7.47. The van der Waals surface area contributed by atoms with Gasteiger partial charge in [0.05, 0.1) is 26.2 Å². The number of hydrogen-bond acceptors (Lipinski definition) is 0. The van der Waals surface area contributed by atoms with Crippen molar-refractivity contribution in [3.05, 3.63) is 95.1 Å².